The molecule has 1 aliphatic heterocycles. The third-order valence-electron chi connectivity index (χ3n) is 3.42. The molecule has 0 amide bonds. The van der Waals surface area contributed by atoms with Crippen molar-refractivity contribution in [1.29, 1.82) is 0 Å². The number of nitrogens with one attached hydrogen (secondary N) is 1. The molecule has 0 bridgehead atoms. The Kier molecular flexibility index (Phi) is 5.73. The van der Waals surface area contributed by atoms with E-state index in [0.29, 0.717) is 12.0 Å². The van der Waals surface area contributed by atoms with Crippen LogP contribution in [0, 0.1) is 5.92 Å². The predicted molar refractivity (Wildman–Crippen MR) is 66.5 cm³/mol. The maximum absolute atomic E-state index is 9.20. The molecule has 0 radical (unpaired) electrons. The van der Waals surface area contributed by atoms with Crippen LogP contribution < -0.4 is 5.32 Å². The third-order valence-corrected chi connectivity index (χ3v) is 3.42. The van der Waals surface area contributed by atoms with Gasteiger partial charge in [0.25, 0.3) is 0 Å². The summed E-state index contributed by atoms with van der Waals surface area (Å²) >= 11 is 0. The zero-order valence-corrected chi connectivity index (χ0v) is 11.0. The zero-order chi connectivity index (χ0) is 12.0. The number of aliphatic hydroxyl groups excluding tert-OH is 1. The molecule has 1 saturated heterocycles. The van der Waals surface area contributed by atoms with E-state index in [0.717, 1.165) is 32.5 Å². The van der Waals surface area contributed by atoms with Crippen molar-refractivity contribution in [3.8, 4) is 0 Å². The molecule has 3 nitrogen and oxygen atoms in total. The summed E-state index contributed by atoms with van der Waals surface area (Å²) in [5, 5.41) is 12.9. The van der Waals surface area contributed by atoms with Crippen molar-refractivity contribution in [2.75, 3.05) is 19.8 Å². The van der Waals surface area contributed by atoms with Crippen LogP contribution in [0.5, 0.6) is 0 Å². The quantitative estimate of drug-likeness (QED) is 0.731. The SMILES string of the molecule is CC(C)CC(C)NC1(CCO)CCOCC1. The first-order valence-corrected chi connectivity index (χ1v) is 6.54. The van der Waals surface area contributed by atoms with Crippen LogP contribution in [0.2, 0.25) is 0 Å². The van der Waals surface area contributed by atoms with Crippen LogP contribution in [-0.4, -0.2) is 36.5 Å². The maximum Gasteiger partial charge on any atom is 0.0483 e. The first-order valence-electron chi connectivity index (χ1n) is 6.54. The summed E-state index contributed by atoms with van der Waals surface area (Å²) in [6.45, 7) is 8.65. The fourth-order valence-electron chi connectivity index (χ4n) is 2.73. The van der Waals surface area contributed by atoms with Gasteiger partial charge in [-0.25, -0.2) is 0 Å². The second-order valence-corrected chi connectivity index (χ2v) is 5.54. The molecule has 1 atom stereocenters. The zero-order valence-electron chi connectivity index (χ0n) is 11.0. The minimum Gasteiger partial charge on any atom is -0.396 e. The van der Waals surface area contributed by atoms with Crippen LogP contribution in [-0.2, 0) is 4.74 Å². The van der Waals surface area contributed by atoms with E-state index in [1.54, 1.807) is 0 Å². The molecule has 0 aromatic rings. The molecule has 16 heavy (non-hydrogen) atoms. The van der Waals surface area contributed by atoms with Gasteiger partial charge in [0.15, 0.2) is 0 Å². The lowest BCUT2D eigenvalue weighted by molar-refractivity contribution is 0.0222. The molecule has 1 heterocycles. The molecular formula is C13H27NO2. The highest BCUT2D eigenvalue weighted by Crippen LogP contribution is 2.25. The lowest BCUT2D eigenvalue weighted by Crippen LogP contribution is -2.53. The molecule has 96 valence electrons. The summed E-state index contributed by atoms with van der Waals surface area (Å²) in [6, 6.07) is 0.518. The Morgan fingerprint density at radius 2 is 1.88 bits per heavy atom. The average molecular weight is 229 g/mol. The summed E-state index contributed by atoms with van der Waals surface area (Å²) in [5.41, 5.74) is 0.112. The van der Waals surface area contributed by atoms with Crippen molar-refractivity contribution in [3.63, 3.8) is 0 Å². The second kappa shape index (κ2) is 6.58. The summed E-state index contributed by atoms with van der Waals surface area (Å²) < 4.78 is 5.41. The van der Waals surface area contributed by atoms with Gasteiger partial charge in [-0.15, -0.1) is 0 Å². The summed E-state index contributed by atoms with van der Waals surface area (Å²) in [5.74, 6) is 0.716. The molecule has 1 fully saturated rings. The summed E-state index contributed by atoms with van der Waals surface area (Å²) in [6.07, 6.45) is 4.08. The standard InChI is InChI=1S/C13H27NO2/c1-11(2)10-12(3)14-13(4-7-15)5-8-16-9-6-13/h11-12,14-15H,4-10H2,1-3H3. The largest absolute Gasteiger partial charge is 0.396 e. The van der Waals surface area contributed by atoms with Gasteiger partial charge in [-0.1, -0.05) is 13.8 Å². The lowest BCUT2D eigenvalue weighted by Gasteiger charge is -2.40. The van der Waals surface area contributed by atoms with Gasteiger partial charge in [-0.2, -0.15) is 0 Å². The summed E-state index contributed by atoms with van der Waals surface area (Å²) in [7, 11) is 0. The minimum atomic E-state index is 0.112. The molecule has 1 unspecified atom stereocenters. The molecule has 0 aromatic heterocycles. The van der Waals surface area contributed by atoms with Gasteiger partial charge in [0.2, 0.25) is 0 Å². The number of ether oxygens (including phenoxy) is 1. The van der Waals surface area contributed by atoms with Gasteiger partial charge >= 0.3 is 0 Å². The normalized spacial score (nSPS) is 22.3. The first-order chi connectivity index (χ1) is 7.58. The van der Waals surface area contributed by atoms with Gasteiger partial charge in [-0.3, -0.25) is 0 Å². The van der Waals surface area contributed by atoms with Crippen molar-refractivity contribution in [2.45, 2.75) is 58.0 Å². The molecule has 0 aliphatic carbocycles. The van der Waals surface area contributed by atoms with E-state index in [1.807, 2.05) is 0 Å². The van der Waals surface area contributed by atoms with E-state index in [1.165, 1.54) is 6.42 Å². The molecule has 1 aliphatic rings. The van der Waals surface area contributed by atoms with E-state index in [-0.39, 0.29) is 12.1 Å². The number of rotatable bonds is 6. The Morgan fingerprint density at radius 1 is 1.25 bits per heavy atom. The molecule has 0 aromatic carbocycles. The van der Waals surface area contributed by atoms with Crippen molar-refractivity contribution in [3.05, 3.63) is 0 Å². The van der Waals surface area contributed by atoms with E-state index in [9.17, 15) is 5.11 Å². The first kappa shape index (κ1) is 13.9. The lowest BCUT2D eigenvalue weighted by atomic mass is 9.85. The number of hydrogen-bond donors (Lipinski definition) is 2. The van der Waals surface area contributed by atoms with Gasteiger partial charge in [-0.05, 0) is 38.5 Å². The molecular weight excluding hydrogens is 202 g/mol. The van der Waals surface area contributed by atoms with Crippen LogP contribution in [0.4, 0.5) is 0 Å². The summed E-state index contributed by atoms with van der Waals surface area (Å²) in [4.78, 5) is 0. The Hall–Kier alpha value is -0.120. The Labute approximate surface area is 99.6 Å². The van der Waals surface area contributed by atoms with Gasteiger partial charge in [0.05, 0.1) is 0 Å². The topological polar surface area (TPSA) is 41.5 Å². The number of aliphatic hydroxyl groups is 1. The smallest absolute Gasteiger partial charge is 0.0483 e. The molecule has 0 saturated carbocycles. The fourth-order valence-corrected chi connectivity index (χ4v) is 2.73. The van der Waals surface area contributed by atoms with Crippen LogP contribution in [0.3, 0.4) is 0 Å². The van der Waals surface area contributed by atoms with Crippen LogP contribution in [0.1, 0.15) is 46.5 Å². The molecule has 1 rings (SSSR count). The minimum absolute atomic E-state index is 0.112. The average Bonchev–Trinajstić information content (AvgIpc) is 2.17. The highest BCUT2D eigenvalue weighted by molar-refractivity contribution is 4.91. The van der Waals surface area contributed by atoms with Gasteiger partial charge < -0.3 is 15.2 Å². The molecule has 2 N–H and O–H groups in total. The van der Waals surface area contributed by atoms with E-state index >= 15 is 0 Å². The fraction of sp³-hybridized carbons (Fsp3) is 1.00. The molecule has 3 heteroatoms. The van der Waals surface area contributed by atoms with E-state index in [2.05, 4.69) is 26.1 Å². The van der Waals surface area contributed by atoms with Crippen molar-refractivity contribution < 1.29 is 9.84 Å². The van der Waals surface area contributed by atoms with Crippen LogP contribution >= 0.6 is 0 Å². The van der Waals surface area contributed by atoms with Crippen molar-refractivity contribution >= 4 is 0 Å². The van der Waals surface area contributed by atoms with E-state index < -0.39 is 0 Å². The third kappa shape index (κ3) is 4.40. The Bertz CT molecular complexity index is 183. The maximum atomic E-state index is 9.20. The van der Waals surface area contributed by atoms with Gasteiger partial charge in [0, 0.05) is 31.4 Å². The van der Waals surface area contributed by atoms with Crippen LogP contribution in [0.15, 0.2) is 0 Å². The van der Waals surface area contributed by atoms with Crippen molar-refractivity contribution in [1.82, 2.24) is 5.32 Å². The van der Waals surface area contributed by atoms with E-state index in [4.69, 9.17) is 4.74 Å². The second-order valence-electron chi connectivity index (χ2n) is 5.54. The monoisotopic (exact) mass is 229 g/mol. The van der Waals surface area contributed by atoms with Crippen LogP contribution in [0.25, 0.3) is 0 Å². The highest BCUT2D eigenvalue weighted by atomic mass is 16.5. The van der Waals surface area contributed by atoms with Crippen molar-refractivity contribution in [2.24, 2.45) is 5.92 Å². The number of hydrogen-bond acceptors (Lipinski definition) is 3. The van der Waals surface area contributed by atoms with Gasteiger partial charge in [0.1, 0.15) is 0 Å². The molecule has 0 spiro atoms. The highest BCUT2D eigenvalue weighted by Gasteiger charge is 2.32. The Balaban J connectivity index is 2.48. The predicted octanol–water partition coefficient (Wildman–Crippen LogP) is 1.94. The Morgan fingerprint density at radius 3 is 2.38 bits per heavy atom.